The van der Waals surface area contributed by atoms with E-state index in [1.54, 1.807) is 12.1 Å². The molecule has 1 N–H and O–H groups in total. The molecule has 1 amide bonds. The number of fused-ring (bicyclic) bond motifs is 3. The van der Waals surface area contributed by atoms with Gasteiger partial charge < -0.3 is 9.88 Å². The van der Waals surface area contributed by atoms with Crippen LogP contribution in [-0.2, 0) is 6.54 Å². The van der Waals surface area contributed by atoms with Crippen molar-refractivity contribution in [3.63, 3.8) is 0 Å². The fraction of sp³-hybridized carbons (Fsp3) is 0.0870. The third-order valence-electron chi connectivity index (χ3n) is 5.42. The van der Waals surface area contributed by atoms with Crippen molar-refractivity contribution in [1.29, 1.82) is 0 Å². The minimum Gasteiger partial charge on any atom is -0.350 e. The fourth-order valence-electron chi connectivity index (χ4n) is 4.10. The zero-order valence-corrected chi connectivity index (χ0v) is 15.4. The maximum atomic E-state index is 13.3. The van der Waals surface area contributed by atoms with Crippen LogP contribution in [0.1, 0.15) is 33.2 Å². The summed E-state index contributed by atoms with van der Waals surface area (Å²) in [6.45, 7) is 0.457. The number of H-pyrrole nitrogens is 1. The Morgan fingerprint density at radius 3 is 2.34 bits per heavy atom. The summed E-state index contributed by atoms with van der Waals surface area (Å²) in [6, 6.07) is 23.8. The van der Waals surface area contributed by atoms with Crippen LogP contribution in [0.5, 0.6) is 0 Å². The number of nitro benzene ring substituents is 1. The number of hydrogen-bond acceptors (Lipinski definition) is 3. The van der Waals surface area contributed by atoms with Crippen molar-refractivity contribution in [2.75, 3.05) is 0 Å². The smallest absolute Gasteiger partial charge is 0.271 e. The first-order valence-electron chi connectivity index (χ1n) is 9.33. The normalized spacial score (nSPS) is 15.7. The van der Waals surface area contributed by atoms with Gasteiger partial charge in [0.15, 0.2) is 0 Å². The molecule has 0 spiro atoms. The van der Waals surface area contributed by atoms with Crippen molar-refractivity contribution >= 4 is 22.5 Å². The Hall–Kier alpha value is -3.93. The molecule has 2 heterocycles. The lowest BCUT2D eigenvalue weighted by molar-refractivity contribution is -0.384. The Morgan fingerprint density at radius 2 is 1.62 bits per heavy atom. The standard InChI is InChI=1S/C23H17N3O3/c27-23-21-20(18-8-4-5-9-19(18)24-21)22(16-10-12-17(13-11-16)26(28)29)25(23)14-15-6-2-1-3-7-15/h1-13,22,24H,14H2. The molecule has 6 nitrogen and oxygen atoms in total. The Bertz CT molecular complexity index is 1230. The molecule has 6 heteroatoms. The van der Waals surface area contributed by atoms with Crippen LogP contribution in [-0.4, -0.2) is 20.7 Å². The van der Waals surface area contributed by atoms with Crippen molar-refractivity contribution in [2.45, 2.75) is 12.6 Å². The number of carbonyl (C=O) groups excluding carboxylic acids is 1. The number of nitrogens with one attached hydrogen (secondary N) is 1. The molecule has 1 unspecified atom stereocenters. The van der Waals surface area contributed by atoms with Gasteiger partial charge in [0.25, 0.3) is 11.6 Å². The molecule has 5 rings (SSSR count). The maximum absolute atomic E-state index is 13.3. The van der Waals surface area contributed by atoms with Crippen LogP contribution in [0.4, 0.5) is 5.69 Å². The van der Waals surface area contributed by atoms with Gasteiger partial charge in [0.05, 0.1) is 11.0 Å². The van der Waals surface area contributed by atoms with Gasteiger partial charge in [-0.25, -0.2) is 0 Å². The average Bonchev–Trinajstić information content (AvgIpc) is 3.25. The second-order valence-corrected chi connectivity index (χ2v) is 7.13. The lowest BCUT2D eigenvalue weighted by Crippen LogP contribution is -2.28. The van der Waals surface area contributed by atoms with Gasteiger partial charge in [-0.15, -0.1) is 0 Å². The molecule has 0 bridgehead atoms. The number of para-hydroxylation sites is 1. The Balaban J connectivity index is 1.66. The second-order valence-electron chi connectivity index (χ2n) is 7.13. The molecule has 0 saturated carbocycles. The number of nitrogens with zero attached hydrogens (tertiary/aromatic N) is 2. The summed E-state index contributed by atoms with van der Waals surface area (Å²) in [6.07, 6.45) is 0. The molecule has 0 radical (unpaired) electrons. The molecule has 3 aromatic carbocycles. The summed E-state index contributed by atoms with van der Waals surface area (Å²) in [5.74, 6) is -0.0663. The number of aromatic amines is 1. The Morgan fingerprint density at radius 1 is 0.931 bits per heavy atom. The highest BCUT2D eigenvalue weighted by molar-refractivity contribution is 6.05. The minimum absolute atomic E-state index is 0.0341. The molecule has 1 aromatic heterocycles. The van der Waals surface area contributed by atoms with Crippen molar-refractivity contribution in [3.05, 3.63) is 111 Å². The highest BCUT2D eigenvalue weighted by Crippen LogP contribution is 2.43. The number of hydrogen-bond donors (Lipinski definition) is 1. The first-order valence-corrected chi connectivity index (χ1v) is 9.33. The van der Waals surface area contributed by atoms with E-state index >= 15 is 0 Å². The van der Waals surface area contributed by atoms with E-state index in [0.29, 0.717) is 12.2 Å². The zero-order valence-electron chi connectivity index (χ0n) is 15.4. The highest BCUT2D eigenvalue weighted by Gasteiger charge is 2.40. The van der Waals surface area contributed by atoms with E-state index in [1.807, 2.05) is 59.5 Å². The predicted molar refractivity (Wildman–Crippen MR) is 110 cm³/mol. The summed E-state index contributed by atoms with van der Waals surface area (Å²) in [7, 11) is 0. The summed E-state index contributed by atoms with van der Waals surface area (Å²) < 4.78 is 0. The van der Waals surface area contributed by atoms with Crippen LogP contribution >= 0.6 is 0 Å². The quantitative estimate of drug-likeness (QED) is 0.405. The number of benzene rings is 3. The molecule has 29 heavy (non-hydrogen) atoms. The SMILES string of the molecule is O=C1c2[nH]c3ccccc3c2C(c2ccc([N+](=O)[O-])cc2)N1Cc1ccccc1. The van der Waals surface area contributed by atoms with Gasteiger partial charge in [-0.1, -0.05) is 48.5 Å². The first kappa shape index (κ1) is 17.2. The van der Waals surface area contributed by atoms with Crippen LogP contribution in [0.2, 0.25) is 0 Å². The molecule has 4 aromatic rings. The van der Waals surface area contributed by atoms with Crippen LogP contribution in [0.3, 0.4) is 0 Å². The Kier molecular flexibility index (Phi) is 3.91. The van der Waals surface area contributed by atoms with Gasteiger partial charge in [0, 0.05) is 35.1 Å². The van der Waals surface area contributed by atoms with Gasteiger partial charge in [0.1, 0.15) is 5.69 Å². The highest BCUT2D eigenvalue weighted by atomic mass is 16.6. The van der Waals surface area contributed by atoms with E-state index in [9.17, 15) is 14.9 Å². The summed E-state index contributed by atoms with van der Waals surface area (Å²) in [5, 5.41) is 12.1. The number of nitro groups is 1. The number of non-ortho nitro benzene ring substituents is 1. The first-order chi connectivity index (χ1) is 14.1. The summed E-state index contributed by atoms with van der Waals surface area (Å²) >= 11 is 0. The van der Waals surface area contributed by atoms with E-state index in [-0.39, 0.29) is 17.6 Å². The molecule has 1 aliphatic heterocycles. The minimum atomic E-state index is -0.414. The van der Waals surface area contributed by atoms with Crippen LogP contribution in [0, 0.1) is 10.1 Å². The van der Waals surface area contributed by atoms with E-state index < -0.39 is 4.92 Å². The van der Waals surface area contributed by atoms with Crippen LogP contribution in [0.25, 0.3) is 10.9 Å². The zero-order chi connectivity index (χ0) is 20.0. The molecule has 0 aliphatic carbocycles. The third kappa shape index (κ3) is 2.77. The monoisotopic (exact) mass is 383 g/mol. The van der Waals surface area contributed by atoms with Crippen molar-refractivity contribution in [3.8, 4) is 0 Å². The van der Waals surface area contributed by atoms with Gasteiger partial charge in [-0.3, -0.25) is 14.9 Å². The van der Waals surface area contributed by atoms with E-state index in [0.717, 1.165) is 27.6 Å². The molecule has 1 aliphatic rings. The lowest BCUT2D eigenvalue weighted by atomic mass is 9.97. The molecular weight excluding hydrogens is 366 g/mol. The van der Waals surface area contributed by atoms with Gasteiger partial charge in [-0.2, -0.15) is 0 Å². The molecule has 0 saturated heterocycles. The number of amides is 1. The molecular formula is C23H17N3O3. The van der Waals surface area contributed by atoms with E-state index in [2.05, 4.69) is 4.98 Å². The fourth-order valence-corrected chi connectivity index (χ4v) is 4.10. The second kappa shape index (κ2) is 6.60. The van der Waals surface area contributed by atoms with Gasteiger partial charge in [-0.05, 0) is 29.3 Å². The molecule has 142 valence electrons. The number of carbonyl (C=O) groups is 1. The van der Waals surface area contributed by atoms with Crippen molar-refractivity contribution < 1.29 is 9.72 Å². The predicted octanol–water partition coefficient (Wildman–Crippen LogP) is 4.82. The maximum Gasteiger partial charge on any atom is 0.271 e. The van der Waals surface area contributed by atoms with Gasteiger partial charge >= 0.3 is 0 Å². The van der Waals surface area contributed by atoms with E-state index in [4.69, 9.17) is 0 Å². The number of aromatic nitrogens is 1. The van der Waals surface area contributed by atoms with Crippen molar-refractivity contribution in [1.82, 2.24) is 9.88 Å². The summed E-state index contributed by atoms with van der Waals surface area (Å²) in [5.41, 5.74) is 4.34. The Labute approximate surface area is 166 Å². The van der Waals surface area contributed by atoms with Gasteiger partial charge in [0.2, 0.25) is 0 Å². The average molecular weight is 383 g/mol. The molecule has 1 atom stereocenters. The van der Waals surface area contributed by atoms with E-state index in [1.165, 1.54) is 12.1 Å². The largest absolute Gasteiger partial charge is 0.350 e. The van der Waals surface area contributed by atoms with Crippen LogP contribution < -0.4 is 0 Å². The third-order valence-corrected chi connectivity index (χ3v) is 5.42. The summed E-state index contributed by atoms with van der Waals surface area (Å²) in [4.78, 5) is 29.1. The topological polar surface area (TPSA) is 79.2 Å². The molecule has 0 fully saturated rings. The van der Waals surface area contributed by atoms with Crippen molar-refractivity contribution in [2.24, 2.45) is 0 Å². The number of rotatable bonds is 4. The lowest BCUT2D eigenvalue weighted by Gasteiger charge is -2.26. The van der Waals surface area contributed by atoms with Crippen LogP contribution in [0.15, 0.2) is 78.9 Å².